The van der Waals surface area contributed by atoms with Crippen molar-refractivity contribution < 1.29 is 22.7 Å². The van der Waals surface area contributed by atoms with E-state index in [1.165, 1.54) is 6.07 Å². The van der Waals surface area contributed by atoms with Crippen LogP contribution < -0.4 is 19.9 Å². The van der Waals surface area contributed by atoms with Crippen LogP contribution in [0.1, 0.15) is 18.1 Å². The van der Waals surface area contributed by atoms with Crippen molar-refractivity contribution >= 4 is 17.3 Å². The van der Waals surface area contributed by atoms with Crippen LogP contribution in [-0.4, -0.2) is 45.2 Å². The van der Waals surface area contributed by atoms with E-state index in [1.807, 2.05) is 31.2 Å². The highest BCUT2D eigenvalue weighted by Crippen LogP contribution is 2.40. The van der Waals surface area contributed by atoms with Crippen LogP contribution in [0.15, 0.2) is 42.5 Å². The maximum atomic E-state index is 13.3. The molecule has 0 spiro atoms. The minimum absolute atomic E-state index is 0.118. The molecule has 0 radical (unpaired) electrons. The summed E-state index contributed by atoms with van der Waals surface area (Å²) in [5.41, 5.74) is 1.71. The van der Waals surface area contributed by atoms with Gasteiger partial charge >= 0.3 is 6.18 Å². The monoisotopic (exact) mass is 433 g/mol. The van der Waals surface area contributed by atoms with Crippen LogP contribution in [0.2, 0.25) is 0 Å². The highest BCUT2D eigenvalue weighted by molar-refractivity contribution is 5.82. The Morgan fingerprint density at radius 1 is 1.19 bits per heavy atom. The lowest BCUT2D eigenvalue weighted by Gasteiger charge is -2.49. The fourth-order valence-electron chi connectivity index (χ4n) is 4.65. The lowest BCUT2D eigenvalue weighted by molar-refractivity contribution is -0.137. The van der Waals surface area contributed by atoms with Crippen LogP contribution >= 0.6 is 0 Å². The number of alkyl halides is 3. The van der Waals surface area contributed by atoms with Crippen molar-refractivity contribution in [2.75, 3.05) is 43.1 Å². The number of fused-ring (bicyclic) bond motifs is 3. The predicted octanol–water partition coefficient (Wildman–Crippen LogP) is 3.72. The van der Waals surface area contributed by atoms with Gasteiger partial charge in [-0.1, -0.05) is 6.07 Å². The molecule has 1 N–H and O–H groups in total. The molecule has 2 aromatic rings. The van der Waals surface area contributed by atoms with Crippen LogP contribution in [0.3, 0.4) is 0 Å². The first-order chi connectivity index (χ1) is 14.8. The summed E-state index contributed by atoms with van der Waals surface area (Å²) in [6.45, 7) is 4.26. The number of benzene rings is 2. The van der Waals surface area contributed by atoms with Gasteiger partial charge in [0.15, 0.2) is 0 Å². The molecule has 2 aliphatic rings. The first-order valence-electron chi connectivity index (χ1n) is 10.4. The van der Waals surface area contributed by atoms with Crippen LogP contribution in [-0.2, 0) is 17.4 Å². The number of amides is 1. The van der Waals surface area contributed by atoms with E-state index in [0.717, 1.165) is 23.2 Å². The lowest BCUT2D eigenvalue weighted by atomic mass is 9.82. The second-order valence-corrected chi connectivity index (χ2v) is 7.95. The summed E-state index contributed by atoms with van der Waals surface area (Å²) in [7, 11) is 1.62. The van der Waals surface area contributed by atoms with Crippen molar-refractivity contribution in [3.05, 3.63) is 53.6 Å². The zero-order chi connectivity index (χ0) is 22.2. The Morgan fingerprint density at radius 2 is 2.00 bits per heavy atom. The summed E-state index contributed by atoms with van der Waals surface area (Å²) in [5.74, 6) is 0.214. The SMILES string of the molecule is CCNC(=O)[C@H]1Cc2cc(C(F)(F)F)ccc2N2CCN(c3cccc(OC)c3)C[C@@H]12. The summed E-state index contributed by atoms with van der Waals surface area (Å²) in [4.78, 5) is 17.2. The minimum Gasteiger partial charge on any atom is -0.497 e. The van der Waals surface area contributed by atoms with Crippen molar-refractivity contribution in [1.82, 2.24) is 5.32 Å². The van der Waals surface area contributed by atoms with Gasteiger partial charge in [0.2, 0.25) is 5.91 Å². The first kappa shape index (κ1) is 21.3. The molecule has 1 saturated heterocycles. The number of nitrogens with one attached hydrogen (secondary N) is 1. The molecule has 1 fully saturated rings. The molecule has 0 aromatic heterocycles. The first-order valence-corrected chi connectivity index (χ1v) is 10.4. The summed E-state index contributed by atoms with van der Waals surface area (Å²) in [6, 6.07) is 11.5. The summed E-state index contributed by atoms with van der Waals surface area (Å²) in [5, 5.41) is 2.87. The number of halogens is 3. The smallest absolute Gasteiger partial charge is 0.416 e. The van der Waals surface area contributed by atoms with Crippen molar-refractivity contribution in [3.8, 4) is 5.75 Å². The van der Waals surface area contributed by atoms with Gasteiger partial charge in [0.1, 0.15) is 5.75 Å². The van der Waals surface area contributed by atoms with Crippen molar-refractivity contribution in [3.63, 3.8) is 0 Å². The second kappa shape index (κ2) is 8.32. The van der Waals surface area contributed by atoms with Crippen molar-refractivity contribution in [2.45, 2.75) is 25.6 Å². The zero-order valence-corrected chi connectivity index (χ0v) is 17.6. The number of piperazine rings is 1. The van der Waals surface area contributed by atoms with Crippen molar-refractivity contribution in [1.29, 1.82) is 0 Å². The molecule has 31 heavy (non-hydrogen) atoms. The third kappa shape index (κ3) is 4.16. The van der Waals surface area contributed by atoms with Crippen LogP contribution in [0.5, 0.6) is 5.75 Å². The quantitative estimate of drug-likeness (QED) is 0.799. The Bertz CT molecular complexity index is 963. The number of rotatable bonds is 4. The number of methoxy groups -OCH3 is 1. The molecule has 5 nitrogen and oxygen atoms in total. The third-order valence-corrected chi connectivity index (χ3v) is 6.15. The largest absolute Gasteiger partial charge is 0.497 e. The molecule has 0 bridgehead atoms. The Balaban J connectivity index is 1.68. The Labute approximate surface area is 179 Å². The van der Waals surface area contributed by atoms with Gasteiger partial charge in [-0.05, 0) is 49.2 Å². The number of carbonyl (C=O) groups is 1. The molecule has 2 atom stereocenters. The number of hydrogen-bond acceptors (Lipinski definition) is 4. The van der Waals surface area contributed by atoms with Gasteiger partial charge in [0, 0.05) is 43.6 Å². The highest BCUT2D eigenvalue weighted by Gasteiger charge is 2.42. The molecule has 0 unspecified atom stereocenters. The van der Waals surface area contributed by atoms with E-state index in [9.17, 15) is 18.0 Å². The van der Waals surface area contributed by atoms with E-state index in [0.29, 0.717) is 31.7 Å². The van der Waals surface area contributed by atoms with Gasteiger partial charge in [0.25, 0.3) is 0 Å². The second-order valence-electron chi connectivity index (χ2n) is 7.95. The molecule has 8 heteroatoms. The van der Waals surface area contributed by atoms with E-state index in [-0.39, 0.29) is 18.4 Å². The molecule has 4 rings (SSSR count). The third-order valence-electron chi connectivity index (χ3n) is 6.15. The molecular weight excluding hydrogens is 407 g/mol. The van der Waals surface area contributed by atoms with Crippen molar-refractivity contribution in [2.24, 2.45) is 5.92 Å². The standard InChI is InChI=1S/C23H26F3N3O2/c1-3-27-22(30)19-12-15-11-16(23(24,25)26)7-8-20(15)29-10-9-28(14-21(19)29)17-5-4-6-18(13-17)31-2/h4-8,11,13,19,21H,3,9-10,12,14H2,1-2H3,(H,27,30)/t19-,21-/m0/s1. The van der Waals surface area contributed by atoms with Crippen LogP contribution in [0, 0.1) is 5.92 Å². The molecule has 0 saturated carbocycles. The van der Waals surface area contributed by atoms with Gasteiger partial charge in [-0.2, -0.15) is 13.2 Å². The van der Waals surface area contributed by atoms with E-state index < -0.39 is 17.7 Å². The fraction of sp³-hybridized carbons (Fsp3) is 0.435. The number of ether oxygens (including phenoxy) is 1. The van der Waals surface area contributed by atoms with E-state index in [2.05, 4.69) is 15.1 Å². The normalized spacial score (nSPS) is 20.7. The lowest BCUT2D eigenvalue weighted by Crippen LogP contribution is -2.61. The number of hydrogen-bond donors (Lipinski definition) is 1. The summed E-state index contributed by atoms with van der Waals surface area (Å²) >= 11 is 0. The minimum atomic E-state index is -4.40. The molecule has 2 heterocycles. The average molecular weight is 433 g/mol. The Kier molecular flexibility index (Phi) is 5.73. The van der Waals surface area contributed by atoms with Crippen LogP contribution in [0.25, 0.3) is 0 Å². The number of anilines is 2. The van der Waals surface area contributed by atoms with Gasteiger partial charge in [-0.15, -0.1) is 0 Å². The van der Waals surface area contributed by atoms with Gasteiger partial charge in [-0.3, -0.25) is 4.79 Å². The highest BCUT2D eigenvalue weighted by atomic mass is 19.4. The van der Waals surface area contributed by atoms with E-state index in [4.69, 9.17) is 4.74 Å². The molecule has 0 aliphatic carbocycles. The van der Waals surface area contributed by atoms with Crippen LogP contribution in [0.4, 0.5) is 24.5 Å². The average Bonchev–Trinajstić information content (AvgIpc) is 2.77. The number of nitrogens with zero attached hydrogens (tertiary/aromatic N) is 2. The molecular formula is C23H26F3N3O2. The molecule has 1 amide bonds. The fourth-order valence-corrected chi connectivity index (χ4v) is 4.65. The maximum absolute atomic E-state index is 13.3. The summed E-state index contributed by atoms with van der Waals surface area (Å²) in [6.07, 6.45) is -4.11. The topological polar surface area (TPSA) is 44.8 Å². The van der Waals surface area contributed by atoms with Gasteiger partial charge in [0.05, 0.1) is 24.6 Å². The molecule has 2 aliphatic heterocycles. The number of carbonyl (C=O) groups excluding carboxylic acids is 1. The Morgan fingerprint density at radius 3 is 2.71 bits per heavy atom. The maximum Gasteiger partial charge on any atom is 0.416 e. The van der Waals surface area contributed by atoms with E-state index >= 15 is 0 Å². The zero-order valence-electron chi connectivity index (χ0n) is 17.6. The summed E-state index contributed by atoms with van der Waals surface area (Å²) < 4.78 is 45.1. The Hall–Kier alpha value is -2.90. The van der Waals surface area contributed by atoms with E-state index in [1.54, 1.807) is 13.2 Å². The predicted molar refractivity (Wildman–Crippen MR) is 114 cm³/mol. The molecule has 166 valence electrons. The van der Waals surface area contributed by atoms with Gasteiger partial charge in [-0.25, -0.2) is 0 Å². The van der Waals surface area contributed by atoms with Gasteiger partial charge < -0.3 is 19.9 Å². The molecule has 2 aromatic carbocycles.